The summed E-state index contributed by atoms with van der Waals surface area (Å²) in [7, 11) is 1.97. The Morgan fingerprint density at radius 1 is 1.31 bits per heavy atom. The molecule has 1 rings (SSSR count). The van der Waals surface area contributed by atoms with Crippen LogP contribution in [0.25, 0.3) is 0 Å². The highest BCUT2D eigenvalue weighted by atomic mass is 14.8. The van der Waals surface area contributed by atoms with Crippen LogP contribution in [0, 0.1) is 19.8 Å². The van der Waals surface area contributed by atoms with Gasteiger partial charge in [0.2, 0.25) is 0 Å². The maximum atomic E-state index is 4.00. The largest absolute Gasteiger partial charge is 0.388 e. The summed E-state index contributed by atoms with van der Waals surface area (Å²) in [6.45, 7) is 4.34. The maximum absolute atomic E-state index is 4.00. The highest BCUT2D eigenvalue weighted by molar-refractivity contribution is 5.53. The predicted octanol–water partition coefficient (Wildman–Crippen LogP) is 2.85. The third-order valence-electron chi connectivity index (χ3n) is 2.03. The molecule has 0 amide bonds. The van der Waals surface area contributed by atoms with Crippen molar-refractivity contribution in [3.8, 4) is 12.8 Å². The minimum atomic E-state index is 1.10. The molecule has 1 aromatic carbocycles. The molecular formula is C12H17N. The first-order valence-electron chi connectivity index (χ1n) is 4.39. The number of benzene rings is 1. The second kappa shape index (κ2) is 6.14. The summed E-state index contributed by atoms with van der Waals surface area (Å²) in [5, 5.41) is 3.19. The quantitative estimate of drug-likeness (QED) is 0.681. The van der Waals surface area contributed by atoms with Crippen molar-refractivity contribution in [3.05, 3.63) is 29.3 Å². The Hall–Kier alpha value is -1.42. The number of hydrogen-bond acceptors (Lipinski definition) is 1. The molecule has 0 radical (unpaired) electrons. The molecule has 0 unspecified atom stereocenters. The van der Waals surface area contributed by atoms with Crippen molar-refractivity contribution in [2.24, 2.45) is 0 Å². The SMILES string of the molecule is C#C.CCc1c(C)cccc1NC. The van der Waals surface area contributed by atoms with E-state index in [-0.39, 0.29) is 0 Å². The van der Waals surface area contributed by atoms with E-state index >= 15 is 0 Å². The molecule has 0 aliphatic heterocycles. The van der Waals surface area contributed by atoms with Crippen LogP contribution in [-0.2, 0) is 6.42 Å². The van der Waals surface area contributed by atoms with Crippen molar-refractivity contribution in [3.63, 3.8) is 0 Å². The Bertz CT molecular complexity index is 274. The number of hydrogen-bond donors (Lipinski definition) is 1. The van der Waals surface area contributed by atoms with Crippen molar-refractivity contribution in [1.82, 2.24) is 0 Å². The molecule has 1 aromatic rings. The lowest BCUT2D eigenvalue weighted by Gasteiger charge is -2.09. The van der Waals surface area contributed by atoms with Gasteiger partial charge in [0.25, 0.3) is 0 Å². The Morgan fingerprint density at radius 3 is 2.31 bits per heavy atom. The van der Waals surface area contributed by atoms with E-state index in [9.17, 15) is 0 Å². The van der Waals surface area contributed by atoms with Crippen LogP contribution in [0.3, 0.4) is 0 Å². The van der Waals surface area contributed by atoms with Gasteiger partial charge in [-0.15, -0.1) is 12.8 Å². The zero-order valence-electron chi connectivity index (χ0n) is 8.59. The molecule has 0 atom stereocenters. The summed E-state index contributed by atoms with van der Waals surface area (Å²) in [6, 6.07) is 6.35. The molecule has 13 heavy (non-hydrogen) atoms. The number of nitrogens with one attached hydrogen (secondary N) is 1. The first kappa shape index (κ1) is 11.6. The van der Waals surface area contributed by atoms with Gasteiger partial charge in [-0.25, -0.2) is 0 Å². The van der Waals surface area contributed by atoms with E-state index in [1.165, 1.54) is 16.8 Å². The van der Waals surface area contributed by atoms with Gasteiger partial charge in [-0.1, -0.05) is 19.1 Å². The first-order chi connectivity index (χ1) is 6.29. The Labute approximate surface area is 81.2 Å². The molecule has 0 saturated carbocycles. The van der Waals surface area contributed by atoms with Gasteiger partial charge in [0.05, 0.1) is 0 Å². The molecule has 1 heteroatoms. The standard InChI is InChI=1S/C10H15N.C2H2/c1-4-9-8(2)6-5-7-10(9)11-3;1-2/h5-7,11H,4H2,1-3H3;1-2H. The maximum Gasteiger partial charge on any atom is 0.0372 e. The Balaban J connectivity index is 0.000000671. The van der Waals surface area contributed by atoms with Crippen LogP contribution in [0.2, 0.25) is 0 Å². The summed E-state index contributed by atoms with van der Waals surface area (Å²) >= 11 is 0. The predicted molar refractivity (Wildman–Crippen MR) is 60.0 cm³/mol. The van der Waals surface area contributed by atoms with E-state index in [4.69, 9.17) is 0 Å². The van der Waals surface area contributed by atoms with E-state index in [1.54, 1.807) is 0 Å². The van der Waals surface area contributed by atoms with Crippen LogP contribution in [-0.4, -0.2) is 7.05 Å². The lowest BCUT2D eigenvalue weighted by molar-refractivity contribution is 1.11. The summed E-state index contributed by atoms with van der Waals surface area (Å²) in [4.78, 5) is 0. The van der Waals surface area contributed by atoms with Crippen LogP contribution in [0.15, 0.2) is 18.2 Å². The highest BCUT2D eigenvalue weighted by Gasteiger charge is 1.99. The van der Waals surface area contributed by atoms with E-state index in [2.05, 4.69) is 50.2 Å². The fourth-order valence-electron chi connectivity index (χ4n) is 1.41. The van der Waals surface area contributed by atoms with Crippen LogP contribution >= 0.6 is 0 Å². The van der Waals surface area contributed by atoms with Crippen molar-refractivity contribution in [2.75, 3.05) is 12.4 Å². The molecule has 0 heterocycles. The van der Waals surface area contributed by atoms with Gasteiger partial charge < -0.3 is 5.32 Å². The monoisotopic (exact) mass is 175 g/mol. The van der Waals surface area contributed by atoms with Gasteiger partial charge in [0.1, 0.15) is 0 Å². The fraction of sp³-hybridized carbons (Fsp3) is 0.333. The van der Waals surface area contributed by atoms with Crippen LogP contribution < -0.4 is 5.32 Å². The molecular weight excluding hydrogens is 158 g/mol. The molecule has 0 aliphatic rings. The van der Waals surface area contributed by atoms with Crippen molar-refractivity contribution < 1.29 is 0 Å². The minimum absolute atomic E-state index is 1.10. The lowest BCUT2D eigenvalue weighted by atomic mass is 10.0. The summed E-state index contributed by atoms with van der Waals surface area (Å²) in [5.74, 6) is 0. The highest BCUT2D eigenvalue weighted by Crippen LogP contribution is 2.18. The smallest absolute Gasteiger partial charge is 0.0372 e. The van der Waals surface area contributed by atoms with Gasteiger partial charge in [-0.05, 0) is 30.5 Å². The number of anilines is 1. The number of aryl methyl sites for hydroxylation is 1. The van der Waals surface area contributed by atoms with Gasteiger partial charge in [0.15, 0.2) is 0 Å². The van der Waals surface area contributed by atoms with Crippen molar-refractivity contribution in [2.45, 2.75) is 20.3 Å². The molecule has 1 N–H and O–H groups in total. The van der Waals surface area contributed by atoms with Crippen LogP contribution in [0.1, 0.15) is 18.1 Å². The van der Waals surface area contributed by atoms with Gasteiger partial charge in [-0.2, -0.15) is 0 Å². The molecule has 70 valence electrons. The van der Waals surface area contributed by atoms with E-state index < -0.39 is 0 Å². The molecule has 1 nitrogen and oxygen atoms in total. The molecule has 0 fully saturated rings. The Morgan fingerprint density at radius 2 is 1.92 bits per heavy atom. The van der Waals surface area contributed by atoms with Crippen molar-refractivity contribution in [1.29, 1.82) is 0 Å². The number of terminal acetylenes is 1. The third-order valence-corrected chi connectivity index (χ3v) is 2.03. The zero-order chi connectivity index (χ0) is 10.3. The summed E-state index contributed by atoms with van der Waals surface area (Å²) < 4.78 is 0. The van der Waals surface area contributed by atoms with Crippen LogP contribution in [0.4, 0.5) is 5.69 Å². The van der Waals surface area contributed by atoms with E-state index in [0.29, 0.717) is 0 Å². The zero-order valence-corrected chi connectivity index (χ0v) is 8.59. The normalized spacial score (nSPS) is 8.38. The topological polar surface area (TPSA) is 12.0 Å². The molecule has 0 bridgehead atoms. The first-order valence-corrected chi connectivity index (χ1v) is 4.39. The fourth-order valence-corrected chi connectivity index (χ4v) is 1.41. The second-order valence-electron chi connectivity index (χ2n) is 2.70. The van der Waals surface area contributed by atoms with Gasteiger partial charge in [0, 0.05) is 12.7 Å². The van der Waals surface area contributed by atoms with Crippen molar-refractivity contribution >= 4 is 5.69 Å². The summed E-state index contributed by atoms with van der Waals surface area (Å²) in [6.07, 6.45) is 9.10. The van der Waals surface area contributed by atoms with E-state index in [1.807, 2.05) is 7.05 Å². The van der Waals surface area contributed by atoms with Gasteiger partial charge in [-0.3, -0.25) is 0 Å². The lowest BCUT2D eigenvalue weighted by Crippen LogP contribution is -1.95. The van der Waals surface area contributed by atoms with Crippen LogP contribution in [0.5, 0.6) is 0 Å². The minimum Gasteiger partial charge on any atom is -0.388 e. The van der Waals surface area contributed by atoms with Gasteiger partial charge >= 0.3 is 0 Å². The molecule has 0 spiro atoms. The molecule has 0 saturated heterocycles. The summed E-state index contributed by atoms with van der Waals surface area (Å²) in [5.41, 5.74) is 4.06. The number of rotatable bonds is 2. The Kier molecular flexibility index (Phi) is 5.47. The average molecular weight is 175 g/mol. The second-order valence-corrected chi connectivity index (χ2v) is 2.70. The molecule has 0 aromatic heterocycles. The third kappa shape index (κ3) is 2.83. The average Bonchev–Trinajstić information content (AvgIpc) is 2.20. The van der Waals surface area contributed by atoms with E-state index in [0.717, 1.165) is 6.42 Å². The molecule has 0 aliphatic carbocycles.